The molecule has 0 amide bonds. The van der Waals surface area contributed by atoms with Crippen LogP contribution in [0, 0.1) is 10.8 Å². The van der Waals surface area contributed by atoms with E-state index in [0.717, 1.165) is 29.5 Å². The number of hydrogen-bond acceptors (Lipinski definition) is 2. The molecule has 1 atom stereocenters. The number of allylic oxidation sites excluding steroid dienone is 1. The molecule has 29 heavy (non-hydrogen) atoms. The van der Waals surface area contributed by atoms with Gasteiger partial charge >= 0.3 is 5.97 Å². The fraction of sp³-hybridized carbons (Fsp3) is 0.423. The normalized spacial score (nSPS) is 18.9. The average Bonchev–Trinajstić information content (AvgIpc) is 2.61. The third-order valence-electron chi connectivity index (χ3n) is 5.92. The van der Waals surface area contributed by atoms with Crippen molar-refractivity contribution in [2.75, 3.05) is 0 Å². The molecule has 1 saturated carbocycles. The minimum atomic E-state index is -0.814. The fourth-order valence-corrected chi connectivity index (χ4v) is 5.10. The lowest BCUT2D eigenvalue weighted by Gasteiger charge is -2.43. The van der Waals surface area contributed by atoms with E-state index >= 15 is 0 Å². The number of hydrogen-bond donors (Lipinski definition) is 2. The molecule has 0 heterocycles. The fourth-order valence-electron chi connectivity index (χ4n) is 5.10. The number of carbonyl (C=O) groups is 1. The molecule has 3 rings (SSSR count). The molecule has 2 N–H and O–H groups in total. The summed E-state index contributed by atoms with van der Waals surface area (Å²) in [5, 5.41) is 19.1. The largest absolute Gasteiger partial charge is 0.508 e. The van der Waals surface area contributed by atoms with Gasteiger partial charge in [0, 0.05) is 0 Å². The van der Waals surface area contributed by atoms with Crippen LogP contribution < -0.4 is 0 Å². The second-order valence-electron chi connectivity index (χ2n) is 10.1. The highest BCUT2D eigenvalue weighted by atomic mass is 16.4. The third kappa shape index (κ3) is 4.90. The Morgan fingerprint density at radius 3 is 1.76 bits per heavy atom. The van der Waals surface area contributed by atoms with Gasteiger partial charge in [-0.1, -0.05) is 69.7 Å². The maximum atomic E-state index is 11.3. The van der Waals surface area contributed by atoms with Crippen LogP contribution in [0.2, 0.25) is 0 Å². The van der Waals surface area contributed by atoms with Crippen molar-refractivity contribution in [2.24, 2.45) is 10.8 Å². The second kappa shape index (κ2) is 7.70. The van der Waals surface area contributed by atoms with Gasteiger partial charge in [0.15, 0.2) is 0 Å². The molecule has 2 aromatic rings. The molecule has 0 spiro atoms. The number of phenols is 1. The van der Waals surface area contributed by atoms with Gasteiger partial charge < -0.3 is 10.2 Å². The smallest absolute Gasteiger partial charge is 0.310 e. The van der Waals surface area contributed by atoms with Gasteiger partial charge in [-0.3, -0.25) is 4.79 Å². The molecule has 0 aromatic heterocycles. The summed E-state index contributed by atoms with van der Waals surface area (Å²) in [5.74, 6) is -1.08. The Bertz CT molecular complexity index is 897. The lowest BCUT2D eigenvalue weighted by molar-refractivity contribution is -0.138. The molecule has 3 nitrogen and oxygen atoms in total. The lowest BCUT2D eigenvalue weighted by Crippen LogP contribution is -2.30. The summed E-state index contributed by atoms with van der Waals surface area (Å²) >= 11 is 0. The zero-order valence-corrected chi connectivity index (χ0v) is 18.1. The van der Waals surface area contributed by atoms with Crippen LogP contribution in [0.3, 0.4) is 0 Å². The van der Waals surface area contributed by atoms with Gasteiger partial charge in [0.1, 0.15) is 5.75 Å². The van der Waals surface area contributed by atoms with E-state index < -0.39 is 11.9 Å². The van der Waals surface area contributed by atoms with Gasteiger partial charge in [0.25, 0.3) is 0 Å². The zero-order valence-electron chi connectivity index (χ0n) is 18.1. The van der Waals surface area contributed by atoms with Crippen molar-refractivity contribution in [3.63, 3.8) is 0 Å². The highest BCUT2D eigenvalue weighted by Crippen LogP contribution is 2.50. The van der Waals surface area contributed by atoms with Crippen LogP contribution in [0.1, 0.15) is 76.5 Å². The first-order valence-corrected chi connectivity index (χ1v) is 10.3. The Labute approximate surface area is 174 Å². The zero-order chi connectivity index (χ0) is 21.4. The Morgan fingerprint density at radius 1 is 0.862 bits per heavy atom. The summed E-state index contributed by atoms with van der Waals surface area (Å²) in [6.45, 7) is 11.0. The van der Waals surface area contributed by atoms with Crippen molar-refractivity contribution in [3.8, 4) is 5.75 Å². The number of aliphatic carboxylic acids is 1. The first kappa shape index (κ1) is 21.2. The topological polar surface area (TPSA) is 57.5 Å². The highest BCUT2D eigenvalue weighted by molar-refractivity contribution is 5.83. The SMILES string of the molecule is CC(C(=O)O)c1ccc(C(=C2CC(C)(C)CC(C)(C)C2)c2ccc(O)cc2)cc1. The van der Waals surface area contributed by atoms with Gasteiger partial charge in [0.2, 0.25) is 0 Å². The van der Waals surface area contributed by atoms with Crippen LogP contribution in [-0.2, 0) is 4.79 Å². The summed E-state index contributed by atoms with van der Waals surface area (Å²) < 4.78 is 0. The molecule has 0 saturated heterocycles. The van der Waals surface area contributed by atoms with Crippen molar-refractivity contribution >= 4 is 11.5 Å². The number of aromatic hydroxyl groups is 1. The Balaban J connectivity index is 2.14. The van der Waals surface area contributed by atoms with Crippen LogP contribution in [0.15, 0.2) is 54.1 Å². The standard InChI is InChI=1S/C26H32O3/c1-17(24(28)29)18-6-8-19(9-7-18)23(20-10-12-22(27)13-11-20)21-14-25(2,3)16-26(4,5)15-21/h6-13,17,27H,14-16H2,1-5H3,(H,28,29). The van der Waals surface area contributed by atoms with E-state index in [9.17, 15) is 15.0 Å². The van der Waals surface area contributed by atoms with Crippen molar-refractivity contribution in [3.05, 3.63) is 70.8 Å². The minimum Gasteiger partial charge on any atom is -0.508 e. The van der Waals surface area contributed by atoms with Crippen LogP contribution >= 0.6 is 0 Å². The second-order valence-corrected chi connectivity index (χ2v) is 10.1. The molecule has 1 unspecified atom stereocenters. The van der Waals surface area contributed by atoms with Gasteiger partial charge in [0.05, 0.1) is 5.92 Å². The van der Waals surface area contributed by atoms with Gasteiger partial charge in [-0.25, -0.2) is 0 Å². The third-order valence-corrected chi connectivity index (χ3v) is 5.92. The summed E-state index contributed by atoms with van der Waals surface area (Å²) in [6.07, 6.45) is 3.24. The molecular weight excluding hydrogens is 360 g/mol. The van der Waals surface area contributed by atoms with E-state index in [0.29, 0.717) is 0 Å². The van der Waals surface area contributed by atoms with Gasteiger partial charge in [-0.15, -0.1) is 0 Å². The maximum Gasteiger partial charge on any atom is 0.310 e. The van der Waals surface area contributed by atoms with E-state index in [2.05, 4.69) is 27.7 Å². The number of rotatable bonds is 4. The number of phenolic OH excluding ortho intramolecular Hbond substituents is 1. The van der Waals surface area contributed by atoms with Crippen molar-refractivity contribution in [2.45, 2.75) is 59.8 Å². The monoisotopic (exact) mass is 392 g/mol. The predicted molar refractivity (Wildman–Crippen MR) is 118 cm³/mol. The van der Waals surface area contributed by atoms with Crippen molar-refractivity contribution in [1.29, 1.82) is 0 Å². The molecular formula is C26H32O3. The Morgan fingerprint density at radius 2 is 1.31 bits per heavy atom. The van der Waals surface area contributed by atoms with Gasteiger partial charge in [-0.05, 0) is 71.4 Å². The van der Waals surface area contributed by atoms with E-state index in [1.807, 2.05) is 36.4 Å². The number of carboxylic acids is 1. The highest BCUT2D eigenvalue weighted by Gasteiger charge is 2.37. The lowest BCUT2D eigenvalue weighted by atomic mass is 9.62. The Kier molecular flexibility index (Phi) is 5.62. The molecule has 154 valence electrons. The summed E-state index contributed by atoms with van der Waals surface area (Å²) in [5.41, 5.74) is 6.07. The van der Waals surface area contributed by atoms with E-state index in [1.54, 1.807) is 19.1 Å². The first-order chi connectivity index (χ1) is 13.5. The van der Waals surface area contributed by atoms with Crippen molar-refractivity contribution < 1.29 is 15.0 Å². The van der Waals surface area contributed by atoms with Gasteiger partial charge in [-0.2, -0.15) is 0 Å². The molecule has 1 aliphatic carbocycles. The molecule has 1 aliphatic rings. The quantitative estimate of drug-likeness (QED) is 0.615. The Hall–Kier alpha value is -2.55. The minimum absolute atomic E-state index is 0.219. The summed E-state index contributed by atoms with van der Waals surface area (Å²) in [4.78, 5) is 11.3. The number of carboxylic acid groups (broad SMARTS) is 1. The molecule has 0 bridgehead atoms. The van der Waals surface area contributed by atoms with Crippen LogP contribution in [0.5, 0.6) is 5.75 Å². The summed E-state index contributed by atoms with van der Waals surface area (Å²) in [7, 11) is 0. The first-order valence-electron chi connectivity index (χ1n) is 10.3. The maximum absolute atomic E-state index is 11.3. The number of benzene rings is 2. The van der Waals surface area contributed by atoms with E-state index in [4.69, 9.17) is 0 Å². The average molecular weight is 393 g/mol. The molecule has 1 fully saturated rings. The molecule has 0 aliphatic heterocycles. The molecule has 2 aromatic carbocycles. The predicted octanol–water partition coefficient (Wildman–Crippen LogP) is 6.62. The molecule has 3 heteroatoms. The van der Waals surface area contributed by atoms with Crippen LogP contribution in [0.4, 0.5) is 0 Å². The van der Waals surface area contributed by atoms with Crippen molar-refractivity contribution in [1.82, 2.24) is 0 Å². The summed E-state index contributed by atoms with van der Waals surface area (Å²) in [6, 6.07) is 15.3. The van der Waals surface area contributed by atoms with Crippen LogP contribution in [0.25, 0.3) is 5.57 Å². The van der Waals surface area contributed by atoms with Crippen LogP contribution in [-0.4, -0.2) is 16.2 Å². The van der Waals surface area contributed by atoms with E-state index in [1.165, 1.54) is 17.6 Å². The van der Waals surface area contributed by atoms with E-state index in [-0.39, 0.29) is 16.6 Å². The molecule has 0 radical (unpaired) electrons.